The van der Waals surface area contributed by atoms with Crippen molar-refractivity contribution in [1.29, 1.82) is 0 Å². The largest absolute Gasteiger partial charge is 0.492 e. The average molecular weight is 386 g/mol. The maximum atomic E-state index is 12.7. The van der Waals surface area contributed by atoms with Gasteiger partial charge in [0.25, 0.3) is 0 Å². The van der Waals surface area contributed by atoms with E-state index in [1.165, 1.54) is 5.56 Å². The number of rotatable bonds is 7. The van der Waals surface area contributed by atoms with Crippen molar-refractivity contribution in [2.45, 2.75) is 43.9 Å². The predicted octanol–water partition coefficient (Wildman–Crippen LogP) is 0.691. The van der Waals surface area contributed by atoms with Crippen LogP contribution in [0.25, 0.3) is 0 Å². The highest BCUT2D eigenvalue weighted by Gasteiger charge is 2.51. The quantitative estimate of drug-likeness (QED) is 0.747. The first-order valence-electron chi connectivity index (χ1n) is 10.2. The number of hydrogen-bond donors (Lipinski definition) is 1. The second-order valence-corrected chi connectivity index (χ2v) is 8.31. The SMILES string of the molecule is CN(C)CCOc1ccc(CN[C@H]2C[C@H]3C(=O)N4CCC[C@@H]4C(=O)N3C2)cc1. The van der Waals surface area contributed by atoms with Gasteiger partial charge in [-0.15, -0.1) is 0 Å². The van der Waals surface area contributed by atoms with Crippen LogP contribution in [0.2, 0.25) is 0 Å². The highest BCUT2D eigenvalue weighted by molar-refractivity contribution is 5.98. The summed E-state index contributed by atoms with van der Waals surface area (Å²) in [6, 6.07) is 7.79. The Morgan fingerprint density at radius 1 is 1.11 bits per heavy atom. The molecule has 0 spiro atoms. The van der Waals surface area contributed by atoms with Crippen LogP contribution in [0, 0.1) is 0 Å². The third-order valence-corrected chi connectivity index (χ3v) is 6.02. The maximum absolute atomic E-state index is 12.7. The summed E-state index contributed by atoms with van der Waals surface area (Å²) < 4.78 is 5.73. The Kier molecular flexibility index (Phi) is 5.55. The van der Waals surface area contributed by atoms with Crippen molar-refractivity contribution in [1.82, 2.24) is 20.0 Å². The van der Waals surface area contributed by atoms with E-state index >= 15 is 0 Å². The summed E-state index contributed by atoms with van der Waals surface area (Å²) in [5.74, 6) is 1.16. The number of hydrogen-bond acceptors (Lipinski definition) is 5. The molecule has 0 bridgehead atoms. The van der Waals surface area contributed by atoms with E-state index in [1.54, 1.807) is 4.90 Å². The molecule has 0 saturated carbocycles. The van der Waals surface area contributed by atoms with Crippen LogP contribution in [-0.4, -0.2) is 85.0 Å². The Bertz CT molecular complexity index is 691. The van der Waals surface area contributed by atoms with E-state index in [1.807, 2.05) is 31.1 Å². The summed E-state index contributed by atoms with van der Waals surface area (Å²) in [4.78, 5) is 31.1. The zero-order valence-electron chi connectivity index (χ0n) is 16.8. The Hall–Kier alpha value is -2.12. The van der Waals surface area contributed by atoms with Crippen molar-refractivity contribution in [2.75, 3.05) is 40.3 Å². The lowest BCUT2D eigenvalue weighted by Gasteiger charge is -2.38. The monoisotopic (exact) mass is 386 g/mol. The molecule has 3 heterocycles. The molecule has 0 radical (unpaired) electrons. The zero-order chi connectivity index (χ0) is 19.7. The number of likely N-dealkylation sites (N-methyl/N-ethyl adjacent to an activating group) is 1. The van der Waals surface area contributed by atoms with Crippen LogP contribution in [0.5, 0.6) is 5.75 Å². The third-order valence-electron chi connectivity index (χ3n) is 6.02. The first-order valence-corrected chi connectivity index (χ1v) is 10.2. The standard InChI is InChI=1S/C21H30N4O3/c1-23(2)10-11-28-17-7-5-15(6-8-17)13-22-16-12-19-21(27)24-9-3-4-18(24)20(26)25(19)14-16/h5-8,16,18-19,22H,3-4,9-14H2,1-2H3/t16-,18+,19-/m0/s1. The van der Waals surface area contributed by atoms with Gasteiger partial charge in [0.15, 0.2) is 0 Å². The van der Waals surface area contributed by atoms with Gasteiger partial charge in [0.05, 0.1) is 0 Å². The van der Waals surface area contributed by atoms with E-state index in [9.17, 15) is 9.59 Å². The number of nitrogens with zero attached hydrogens (tertiary/aromatic N) is 3. The number of carbonyl (C=O) groups is 2. The highest BCUT2D eigenvalue weighted by Crippen LogP contribution is 2.32. The molecule has 0 unspecified atom stereocenters. The van der Waals surface area contributed by atoms with Crippen molar-refractivity contribution in [3.63, 3.8) is 0 Å². The molecule has 4 rings (SSSR count). The van der Waals surface area contributed by atoms with Gasteiger partial charge in [0.2, 0.25) is 11.8 Å². The van der Waals surface area contributed by atoms with E-state index in [0.717, 1.165) is 38.2 Å². The molecule has 3 aliphatic rings. The van der Waals surface area contributed by atoms with Crippen LogP contribution in [-0.2, 0) is 16.1 Å². The molecule has 3 aliphatic heterocycles. The number of carbonyl (C=O) groups excluding carboxylic acids is 2. The van der Waals surface area contributed by atoms with E-state index < -0.39 is 0 Å². The number of amides is 2. The Morgan fingerprint density at radius 2 is 1.86 bits per heavy atom. The first-order chi connectivity index (χ1) is 13.5. The molecule has 2 amide bonds. The van der Waals surface area contributed by atoms with Crippen LogP contribution in [0.1, 0.15) is 24.8 Å². The van der Waals surface area contributed by atoms with Gasteiger partial charge in [-0.3, -0.25) is 9.59 Å². The Morgan fingerprint density at radius 3 is 2.61 bits per heavy atom. The maximum Gasteiger partial charge on any atom is 0.246 e. The lowest BCUT2D eigenvalue weighted by Crippen LogP contribution is -2.60. The topological polar surface area (TPSA) is 65.1 Å². The van der Waals surface area contributed by atoms with Gasteiger partial charge in [-0.2, -0.15) is 0 Å². The summed E-state index contributed by atoms with van der Waals surface area (Å²) in [5, 5.41) is 3.53. The normalized spacial score (nSPS) is 26.8. The van der Waals surface area contributed by atoms with Crippen molar-refractivity contribution in [3.8, 4) is 5.75 Å². The van der Waals surface area contributed by atoms with Crippen LogP contribution < -0.4 is 10.1 Å². The fraction of sp³-hybridized carbons (Fsp3) is 0.619. The van der Waals surface area contributed by atoms with Gasteiger partial charge in [0, 0.05) is 32.2 Å². The summed E-state index contributed by atoms with van der Waals surface area (Å²) >= 11 is 0. The van der Waals surface area contributed by atoms with E-state index in [4.69, 9.17) is 4.74 Å². The molecule has 3 saturated heterocycles. The number of piperazine rings is 1. The van der Waals surface area contributed by atoms with Crippen molar-refractivity contribution in [3.05, 3.63) is 29.8 Å². The molecule has 152 valence electrons. The third kappa shape index (κ3) is 3.86. The molecule has 7 heteroatoms. The molecular formula is C21H30N4O3. The van der Waals surface area contributed by atoms with Crippen LogP contribution >= 0.6 is 0 Å². The number of fused-ring (bicyclic) bond motifs is 2. The molecule has 1 aromatic carbocycles. The van der Waals surface area contributed by atoms with Gasteiger partial charge >= 0.3 is 0 Å². The van der Waals surface area contributed by atoms with Gasteiger partial charge < -0.3 is 24.8 Å². The van der Waals surface area contributed by atoms with Crippen molar-refractivity contribution in [2.24, 2.45) is 0 Å². The average Bonchev–Trinajstić information content (AvgIpc) is 3.33. The minimum absolute atomic E-state index is 0.144. The molecule has 28 heavy (non-hydrogen) atoms. The first kappa shape index (κ1) is 19.2. The molecule has 3 atom stereocenters. The molecular weight excluding hydrogens is 356 g/mol. The van der Waals surface area contributed by atoms with Gasteiger partial charge in [0.1, 0.15) is 24.4 Å². The number of benzene rings is 1. The zero-order valence-corrected chi connectivity index (χ0v) is 16.8. The fourth-order valence-corrected chi connectivity index (χ4v) is 4.44. The van der Waals surface area contributed by atoms with Gasteiger partial charge in [-0.25, -0.2) is 0 Å². The minimum Gasteiger partial charge on any atom is -0.492 e. The molecule has 1 N–H and O–H groups in total. The second kappa shape index (κ2) is 8.09. The summed E-state index contributed by atoms with van der Waals surface area (Å²) in [6.07, 6.45) is 2.47. The molecule has 7 nitrogen and oxygen atoms in total. The summed E-state index contributed by atoms with van der Waals surface area (Å²) in [7, 11) is 4.05. The lowest BCUT2D eigenvalue weighted by atomic mass is 10.1. The molecule has 1 aromatic rings. The highest BCUT2D eigenvalue weighted by atomic mass is 16.5. The fourth-order valence-electron chi connectivity index (χ4n) is 4.44. The Balaban J connectivity index is 1.28. The van der Waals surface area contributed by atoms with Crippen LogP contribution in [0.4, 0.5) is 0 Å². The lowest BCUT2D eigenvalue weighted by molar-refractivity contribution is -0.156. The van der Waals surface area contributed by atoms with E-state index in [0.29, 0.717) is 19.6 Å². The van der Waals surface area contributed by atoms with Crippen LogP contribution in [0.3, 0.4) is 0 Å². The van der Waals surface area contributed by atoms with Crippen LogP contribution in [0.15, 0.2) is 24.3 Å². The number of nitrogens with one attached hydrogen (secondary N) is 1. The summed E-state index contributed by atoms with van der Waals surface area (Å²) in [6.45, 7) is 3.65. The smallest absolute Gasteiger partial charge is 0.246 e. The summed E-state index contributed by atoms with van der Waals surface area (Å²) in [5.41, 5.74) is 1.17. The predicted molar refractivity (Wildman–Crippen MR) is 106 cm³/mol. The molecule has 0 aromatic heterocycles. The van der Waals surface area contributed by atoms with Crippen molar-refractivity contribution >= 4 is 11.8 Å². The second-order valence-electron chi connectivity index (χ2n) is 8.31. The number of ether oxygens (including phenoxy) is 1. The van der Waals surface area contributed by atoms with Gasteiger partial charge in [-0.1, -0.05) is 12.1 Å². The molecule has 3 fully saturated rings. The van der Waals surface area contributed by atoms with E-state index in [-0.39, 0.29) is 29.9 Å². The van der Waals surface area contributed by atoms with E-state index in [2.05, 4.69) is 22.3 Å². The Labute approximate surface area is 166 Å². The minimum atomic E-state index is -0.271. The van der Waals surface area contributed by atoms with Gasteiger partial charge in [-0.05, 0) is 51.1 Å². The van der Waals surface area contributed by atoms with Crippen molar-refractivity contribution < 1.29 is 14.3 Å². The molecule has 0 aliphatic carbocycles.